The third-order valence-corrected chi connectivity index (χ3v) is 3.44. The van der Waals surface area contributed by atoms with Crippen molar-refractivity contribution in [2.75, 3.05) is 5.32 Å². The van der Waals surface area contributed by atoms with Gasteiger partial charge in [-0.1, -0.05) is 15.9 Å². The first-order chi connectivity index (χ1) is 8.19. The molecule has 0 saturated carbocycles. The van der Waals surface area contributed by atoms with Gasteiger partial charge in [0.25, 0.3) is 0 Å². The Hall–Kier alpha value is -0.780. The average Bonchev–Trinajstić information content (AvgIpc) is 2.78. The number of hydrogen-bond donors (Lipinski definition) is 2. The summed E-state index contributed by atoms with van der Waals surface area (Å²) >= 11 is 6.89. The zero-order valence-electron chi connectivity index (χ0n) is 8.91. The van der Waals surface area contributed by atoms with Crippen LogP contribution in [0.5, 0.6) is 0 Å². The Labute approximate surface area is 116 Å². The highest BCUT2D eigenvalue weighted by atomic mass is 79.9. The number of nitrogens with one attached hydrogen (secondary N) is 1. The Kier molecular flexibility index (Phi) is 4.25. The van der Waals surface area contributed by atoms with Crippen LogP contribution in [0.4, 0.5) is 5.69 Å². The van der Waals surface area contributed by atoms with Gasteiger partial charge in [0, 0.05) is 14.6 Å². The van der Waals surface area contributed by atoms with Crippen LogP contribution >= 0.6 is 31.9 Å². The number of furan rings is 1. The average molecular weight is 361 g/mol. The largest absolute Gasteiger partial charge is 0.462 e. The van der Waals surface area contributed by atoms with Gasteiger partial charge in [0.1, 0.15) is 18.1 Å². The van der Waals surface area contributed by atoms with Gasteiger partial charge in [0.05, 0.1) is 6.54 Å². The Bertz CT molecular complexity index is 511. The van der Waals surface area contributed by atoms with Gasteiger partial charge in [-0.05, 0) is 46.3 Å². The summed E-state index contributed by atoms with van der Waals surface area (Å²) in [6.07, 6.45) is 0. The first-order valence-electron chi connectivity index (χ1n) is 5.06. The maximum absolute atomic E-state index is 8.89. The summed E-state index contributed by atoms with van der Waals surface area (Å²) < 4.78 is 7.39. The molecule has 0 saturated heterocycles. The van der Waals surface area contributed by atoms with E-state index < -0.39 is 0 Å². The van der Waals surface area contributed by atoms with E-state index in [1.165, 1.54) is 0 Å². The number of hydrogen-bond acceptors (Lipinski definition) is 3. The summed E-state index contributed by atoms with van der Waals surface area (Å²) in [6, 6.07) is 9.54. The summed E-state index contributed by atoms with van der Waals surface area (Å²) in [4.78, 5) is 0. The Balaban J connectivity index is 2.04. The van der Waals surface area contributed by atoms with Crippen LogP contribution in [0, 0.1) is 0 Å². The minimum atomic E-state index is -0.0689. The fourth-order valence-corrected chi connectivity index (χ4v) is 2.17. The zero-order chi connectivity index (χ0) is 12.3. The van der Waals surface area contributed by atoms with Crippen LogP contribution in [0.3, 0.4) is 0 Å². The van der Waals surface area contributed by atoms with E-state index in [1.807, 2.05) is 24.3 Å². The molecule has 0 aliphatic carbocycles. The first-order valence-corrected chi connectivity index (χ1v) is 6.65. The van der Waals surface area contributed by atoms with Crippen LogP contribution in [0.1, 0.15) is 11.5 Å². The highest BCUT2D eigenvalue weighted by Gasteiger charge is 2.03. The van der Waals surface area contributed by atoms with E-state index >= 15 is 0 Å². The van der Waals surface area contributed by atoms with Crippen LogP contribution in [-0.2, 0) is 13.2 Å². The van der Waals surface area contributed by atoms with Crippen molar-refractivity contribution in [1.29, 1.82) is 0 Å². The molecule has 0 atom stereocenters. The van der Waals surface area contributed by atoms with E-state index in [0.717, 1.165) is 20.4 Å². The highest BCUT2D eigenvalue weighted by molar-refractivity contribution is 9.11. The second-order valence-electron chi connectivity index (χ2n) is 3.50. The number of benzene rings is 1. The topological polar surface area (TPSA) is 45.4 Å². The van der Waals surface area contributed by atoms with E-state index in [9.17, 15) is 0 Å². The van der Waals surface area contributed by atoms with Gasteiger partial charge in [0.15, 0.2) is 0 Å². The van der Waals surface area contributed by atoms with Crippen molar-refractivity contribution in [3.8, 4) is 0 Å². The molecule has 2 rings (SSSR count). The molecule has 90 valence electrons. The van der Waals surface area contributed by atoms with Crippen LogP contribution in [0.2, 0.25) is 0 Å². The minimum absolute atomic E-state index is 0.0689. The molecule has 0 bridgehead atoms. The number of anilines is 1. The monoisotopic (exact) mass is 359 g/mol. The summed E-state index contributed by atoms with van der Waals surface area (Å²) in [6.45, 7) is 0.510. The van der Waals surface area contributed by atoms with Crippen molar-refractivity contribution >= 4 is 37.5 Å². The molecule has 3 nitrogen and oxygen atoms in total. The molecule has 1 aromatic heterocycles. The number of aliphatic hydroxyl groups is 1. The number of halogens is 2. The summed E-state index contributed by atoms with van der Waals surface area (Å²) in [7, 11) is 0. The van der Waals surface area contributed by atoms with Crippen molar-refractivity contribution in [3.63, 3.8) is 0 Å². The molecule has 0 aliphatic rings. The first kappa shape index (κ1) is 12.7. The van der Waals surface area contributed by atoms with Crippen LogP contribution in [-0.4, -0.2) is 5.11 Å². The number of rotatable bonds is 4. The Morgan fingerprint density at radius 1 is 1.12 bits per heavy atom. The summed E-state index contributed by atoms with van der Waals surface area (Å²) in [5, 5.41) is 12.1. The van der Waals surface area contributed by atoms with E-state index in [0.29, 0.717) is 12.3 Å². The third kappa shape index (κ3) is 3.34. The van der Waals surface area contributed by atoms with E-state index in [-0.39, 0.29) is 6.61 Å². The van der Waals surface area contributed by atoms with Crippen molar-refractivity contribution in [2.45, 2.75) is 13.2 Å². The third-order valence-electron chi connectivity index (χ3n) is 2.25. The van der Waals surface area contributed by atoms with Gasteiger partial charge in [0.2, 0.25) is 0 Å². The van der Waals surface area contributed by atoms with E-state index in [4.69, 9.17) is 9.52 Å². The molecule has 0 radical (unpaired) electrons. The summed E-state index contributed by atoms with van der Waals surface area (Å²) in [5.41, 5.74) is 0.987. The van der Waals surface area contributed by atoms with Gasteiger partial charge >= 0.3 is 0 Å². The molecular formula is C12H11Br2NO2. The molecule has 0 amide bonds. The SMILES string of the molecule is OCc1ccc(CNc2cc(Br)ccc2Br)o1. The molecule has 17 heavy (non-hydrogen) atoms. The van der Waals surface area contributed by atoms with Crippen LogP contribution in [0.25, 0.3) is 0 Å². The lowest BCUT2D eigenvalue weighted by Crippen LogP contribution is -1.98. The zero-order valence-corrected chi connectivity index (χ0v) is 12.1. The minimum Gasteiger partial charge on any atom is -0.462 e. The maximum atomic E-state index is 8.89. The number of aliphatic hydroxyl groups excluding tert-OH is 1. The Morgan fingerprint density at radius 3 is 2.59 bits per heavy atom. The Morgan fingerprint density at radius 2 is 1.88 bits per heavy atom. The molecule has 0 spiro atoms. The highest BCUT2D eigenvalue weighted by Crippen LogP contribution is 2.26. The molecular weight excluding hydrogens is 350 g/mol. The van der Waals surface area contributed by atoms with Crippen LogP contribution in [0.15, 0.2) is 43.7 Å². The van der Waals surface area contributed by atoms with Crippen molar-refractivity contribution < 1.29 is 9.52 Å². The quantitative estimate of drug-likeness (QED) is 0.868. The molecule has 1 aromatic carbocycles. The normalized spacial score (nSPS) is 10.5. The van der Waals surface area contributed by atoms with Gasteiger partial charge in [-0.25, -0.2) is 0 Å². The fourth-order valence-electron chi connectivity index (χ4n) is 1.42. The molecule has 5 heteroatoms. The lowest BCUT2D eigenvalue weighted by molar-refractivity contribution is 0.244. The second-order valence-corrected chi connectivity index (χ2v) is 5.27. The second kappa shape index (κ2) is 5.71. The van der Waals surface area contributed by atoms with Gasteiger partial charge in [-0.2, -0.15) is 0 Å². The molecule has 2 aromatic rings. The molecule has 1 heterocycles. The molecule has 2 N–H and O–H groups in total. The lowest BCUT2D eigenvalue weighted by Gasteiger charge is -2.07. The van der Waals surface area contributed by atoms with Crippen molar-refractivity contribution in [1.82, 2.24) is 0 Å². The van der Waals surface area contributed by atoms with Crippen molar-refractivity contribution in [2.24, 2.45) is 0 Å². The lowest BCUT2D eigenvalue weighted by atomic mass is 10.3. The van der Waals surface area contributed by atoms with Crippen molar-refractivity contribution in [3.05, 3.63) is 50.8 Å². The van der Waals surface area contributed by atoms with Gasteiger partial charge in [-0.15, -0.1) is 0 Å². The van der Waals surface area contributed by atoms with E-state index in [1.54, 1.807) is 6.07 Å². The van der Waals surface area contributed by atoms with Gasteiger partial charge < -0.3 is 14.8 Å². The molecule has 0 fully saturated rings. The standard InChI is InChI=1S/C12H11Br2NO2/c13-8-1-4-11(14)12(5-8)15-6-9-2-3-10(7-16)17-9/h1-5,15-16H,6-7H2. The predicted octanol–water partition coefficient (Wildman–Crippen LogP) is 3.91. The smallest absolute Gasteiger partial charge is 0.129 e. The van der Waals surface area contributed by atoms with Gasteiger partial charge in [-0.3, -0.25) is 0 Å². The van der Waals surface area contributed by atoms with Crippen LogP contribution < -0.4 is 5.32 Å². The fraction of sp³-hybridized carbons (Fsp3) is 0.167. The molecule has 0 unspecified atom stereocenters. The maximum Gasteiger partial charge on any atom is 0.129 e. The van der Waals surface area contributed by atoms with E-state index in [2.05, 4.69) is 37.2 Å². The molecule has 0 aliphatic heterocycles. The summed E-state index contributed by atoms with van der Waals surface area (Å²) in [5.74, 6) is 1.37. The predicted molar refractivity (Wildman–Crippen MR) is 73.8 cm³/mol.